The van der Waals surface area contributed by atoms with Crippen molar-refractivity contribution in [2.75, 3.05) is 11.9 Å². The molecule has 1 fully saturated rings. The molecule has 0 radical (unpaired) electrons. The maximum Gasteiger partial charge on any atom is 0.262 e. The van der Waals surface area contributed by atoms with Crippen LogP contribution in [0, 0.1) is 5.92 Å². The molecule has 21 heavy (non-hydrogen) atoms. The minimum Gasteiger partial charge on any atom is -0.482 e. The molecule has 1 amide bonds. The Labute approximate surface area is 126 Å². The van der Waals surface area contributed by atoms with Crippen molar-refractivity contribution in [3.8, 4) is 5.75 Å². The third-order valence-electron chi connectivity index (χ3n) is 4.68. The van der Waals surface area contributed by atoms with Gasteiger partial charge in [0, 0.05) is 6.04 Å². The van der Waals surface area contributed by atoms with Crippen LogP contribution in [0.25, 0.3) is 0 Å². The Morgan fingerprint density at radius 2 is 1.86 bits per heavy atom. The molecule has 1 heterocycles. The summed E-state index contributed by atoms with van der Waals surface area (Å²) in [4.78, 5) is 11.4. The number of anilines is 1. The molecule has 4 heteroatoms. The second kappa shape index (κ2) is 6.48. The van der Waals surface area contributed by atoms with E-state index < -0.39 is 0 Å². The Kier molecular flexibility index (Phi) is 4.44. The average molecular weight is 288 g/mol. The monoisotopic (exact) mass is 288 g/mol. The summed E-state index contributed by atoms with van der Waals surface area (Å²) in [5.41, 5.74) is 8.36. The second-order valence-electron chi connectivity index (χ2n) is 6.22. The van der Waals surface area contributed by atoms with Gasteiger partial charge in [-0.3, -0.25) is 4.79 Å². The van der Waals surface area contributed by atoms with Crippen molar-refractivity contribution in [1.82, 2.24) is 0 Å². The fourth-order valence-electron chi connectivity index (χ4n) is 3.43. The quantitative estimate of drug-likeness (QED) is 0.877. The minimum absolute atomic E-state index is 0.0484. The maximum atomic E-state index is 11.4. The lowest BCUT2D eigenvalue weighted by molar-refractivity contribution is -0.118. The fourth-order valence-corrected chi connectivity index (χ4v) is 3.43. The predicted molar refractivity (Wildman–Crippen MR) is 83.3 cm³/mol. The number of amides is 1. The van der Waals surface area contributed by atoms with Gasteiger partial charge in [-0.05, 0) is 36.5 Å². The van der Waals surface area contributed by atoms with Crippen molar-refractivity contribution in [1.29, 1.82) is 0 Å². The number of nitrogens with two attached hydrogens (primary N) is 1. The van der Waals surface area contributed by atoms with Gasteiger partial charge in [-0.2, -0.15) is 0 Å². The van der Waals surface area contributed by atoms with E-state index in [0.717, 1.165) is 17.0 Å². The summed E-state index contributed by atoms with van der Waals surface area (Å²) in [6.07, 6.45) is 9.01. The lowest BCUT2D eigenvalue weighted by Crippen LogP contribution is -2.26. The highest BCUT2D eigenvalue weighted by molar-refractivity contribution is 5.95. The number of fused-ring (bicyclic) bond motifs is 1. The molecular formula is C17H24N2O2. The molecule has 0 saturated heterocycles. The molecule has 1 aliphatic carbocycles. The van der Waals surface area contributed by atoms with Gasteiger partial charge < -0.3 is 15.8 Å². The zero-order chi connectivity index (χ0) is 14.7. The highest BCUT2D eigenvalue weighted by Gasteiger charge is 2.23. The molecule has 0 spiro atoms. The summed E-state index contributed by atoms with van der Waals surface area (Å²) in [5.74, 6) is 1.19. The van der Waals surface area contributed by atoms with Crippen molar-refractivity contribution < 1.29 is 9.53 Å². The molecule has 1 aromatic carbocycles. The normalized spacial score (nSPS) is 21.5. The van der Waals surface area contributed by atoms with E-state index in [2.05, 4.69) is 5.32 Å². The molecule has 3 N–H and O–H groups in total. The van der Waals surface area contributed by atoms with Crippen molar-refractivity contribution in [3.63, 3.8) is 0 Å². The third kappa shape index (κ3) is 3.38. The van der Waals surface area contributed by atoms with Gasteiger partial charge in [-0.1, -0.05) is 38.2 Å². The Bertz CT molecular complexity index is 508. The topological polar surface area (TPSA) is 64.3 Å². The van der Waals surface area contributed by atoms with Crippen LogP contribution in [0.5, 0.6) is 5.75 Å². The number of carbonyl (C=O) groups excluding carboxylic acids is 1. The van der Waals surface area contributed by atoms with E-state index in [1.165, 1.54) is 44.9 Å². The van der Waals surface area contributed by atoms with Crippen LogP contribution in [0.15, 0.2) is 18.2 Å². The number of ether oxygens (including phenoxy) is 1. The van der Waals surface area contributed by atoms with Gasteiger partial charge in [0.1, 0.15) is 5.75 Å². The molecule has 2 aliphatic rings. The molecule has 3 rings (SSSR count). The SMILES string of the molecule is NC(c1ccc2c(c1)NC(=O)CO2)C1CCCCCCC1. The van der Waals surface area contributed by atoms with Gasteiger partial charge >= 0.3 is 0 Å². The van der Waals surface area contributed by atoms with Crippen molar-refractivity contribution >= 4 is 11.6 Å². The summed E-state index contributed by atoms with van der Waals surface area (Å²) in [5, 5.41) is 2.86. The Balaban J connectivity index is 1.75. The van der Waals surface area contributed by atoms with Crippen LogP contribution in [0.4, 0.5) is 5.69 Å². The number of nitrogens with one attached hydrogen (secondary N) is 1. The highest BCUT2D eigenvalue weighted by atomic mass is 16.5. The number of hydrogen-bond donors (Lipinski definition) is 2. The first-order valence-corrected chi connectivity index (χ1v) is 8.06. The first-order chi connectivity index (χ1) is 10.2. The van der Waals surface area contributed by atoms with Crippen LogP contribution in [0.1, 0.15) is 56.6 Å². The number of rotatable bonds is 2. The van der Waals surface area contributed by atoms with Crippen molar-refractivity contribution in [3.05, 3.63) is 23.8 Å². The van der Waals surface area contributed by atoms with E-state index in [1.54, 1.807) is 0 Å². The van der Waals surface area contributed by atoms with Gasteiger partial charge in [0.05, 0.1) is 5.69 Å². The zero-order valence-corrected chi connectivity index (χ0v) is 12.4. The Morgan fingerprint density at radius 1 is 1.14 bits per heavy atom. The Hall–Kier alpha value is -1.55. The van der Waals surface area contributed by atoms with Gasteiger partial charge in [-0.15, -0.1) is 0 Å². The first-order valence-electron chi connectivity index (χ1n) is 8.06. The number of hydrogen-bond acceptors (Lipinski definition) is 3. The van der Waals surface area contributed by atoms with E-state index in [4.69, 9.17) is 10.5 Å². The smallest absolute Gasteiger partial charge is 0.262 e. The standard InChI is InChI=1S/C17H24N2O2/c18-17(12-6-4-2-1-3-5-7-12)13-8-9-15-14(10-13)19-16(20)11-21-15/h8-10,12,17H,1-7,11,18H2,(H,19,20). The van der Waals surface area contributed by atoms with Crippen LogP contribution in [0.2, 0.25) is 0 Å². The fraction of sp³-hybridized carbons (Fsp3) is 0.588. The summed E-state index contributed by atoms with van der Waals surface area (Å²) in [7, 11) is 0. The van der Waals surface area contributed by atoms with Crippen LogP contribution in [-0.2, 0) is 4.79 Å². The maximum absolute atomic E-state index is 11.4. The van der Waals surface area contributed by atoms with E-state index in [-0.39, 0.29) is 18.6 Å². The van der Waals surface area contributed by atoms with Crippen LogP contribution in [-0.4, -0.2) is 12.5 Å². The predicted octanol–water partition coefficient (Wildman–Crippen LogP) is 3.38. The van der Waals surface area contributed by atoms with Gasteiger partial charge in [-0.25, -0.2) is 0 Å². The molecule has 0 aromatic heterocycles. The molecule has 1 unspecified atom stereocenters. The second-order valence-corrected chi connectivity index (χ2v) is 6.22. The highest BCUT2D eigenvalue weighted by Crippen LogP contribution is 2.35. The lowest BCUT2D eigenvalue weighted by atomic mass is 9.83. The van der Waals surface area contributed by atoms with E-state index >= 15 is 0 Å². The number of carbonyl (C=O) groups is 1. The average Bonchev–Trinajstić information content (AvgIpc) is 2.45. The third-order valence-corrected chi connectivity index (χ3v) is 4.68. The van der Waals surface area contributed by atoms with Crippen LogP contribution in [0.3, 0.4) is 0 Å². The van der Waals surface area contributed by atoms with Gasteiger partial charge in [0.25, 0.3) is 5.91 Å². The van der Waals surface area contributed by atoms with E-state index in [1.807, 2.05) is 18.2 Å². The van der Waals surface area contributed by atoms with Crippen LogP contribution >= 0.6 is 0 Å². The van der Waals surface area contributed by atoms with E-state index in [9.17, 15) is 4.79 Å². The van der Waals surface area contributed by atoms with Gasteiger partial charge in [0.2, 0.25) is 0 Å². The molecule has 1 atom stereocenters. The van der Waals surface area contributed by atoms with E-state index in [0.29, 0.717) is 5.92 Å². The van der Waals surface area contributed by atoms with Crippen LogP contribution < -0.4 is 15.8 Å². The first kappa shape index (κ1) is 14.4. The zero-order valence-electron chi connectivity index (χ0n) is 12.4. The lowest BCUT2D eigenvalue weighted by Gasteiger charge is -2.27. The summed E-state index contributed by atoms with van der Waals surface area (Å²) in [6, 6.07) is 6.00. The largest absolute Gasteiger partial charge is 0.482 e. The minimum atomic E-state index is -0.0980. The summed E-state index contributed by atoms with van der Waals surface area (Å²) in [6.45, 7) is 0.0982. The van der Waals surface area contributed by atoms with Gasteiger partial charge in [0.15, 0.2) is 6.61 Å². The molecule has 4 nitrogen and oxygen atoms in total. The molecule has 1 aromatic rings. The summed E-state index contributed by atoms with van der Waals surface area (Å²) >= 11 is 0. The molecule has 0 bridgehead atoms. The van der Waals surface area contributed by atoms with Crippen molar-refractivity contribution in [2.45, 2.75) is 51.0 Å². The summed E-state index contributed by atoms with van der Waals surface area (Å²) < 4.78 is 5.40. The number of benzene rings is 1. The molecule has 1 aliphatic heterocycles. The van der Waals surface area contributed by atoms with Crippen molar-refractivity contribution in [2.24, 2.45) is 11.7 Å². The molecule has 1 saturated carbocycles. The molecular weight excluding hydrogens is 264 g/mol. The molecule has 114 valence electrons. The Morgan fingerprint density at radius 3 is 2.62 bits per heavy atom.